The molecule has 1 heterocycles. The van der Waals surface area contributed by atoms with Crippen LogP contribution in [0.5, 0.6) is 0 Å². The summed E-state index contributed by atoms with van der Waals surface area (Å²) in [7, 11) is 0. The van der Waals surface area contributed by atoms with E-state index in [1.165, 1.54) is 0 Å². The minimum atomic E-state index is -3.04. The van der Waals surface area contributed by atoms with Gasteiger partial charge in [0.1, 0.15) is 10.7 Å². The Balaban J connectivity index is 3.33. The monoisotopic (exact) mass is 243 g/mol. The molecule has 0 saturated heterocycles. The fraction of sp³-hybridized carbons (Fsp3) is 0.143. The predicted octanol–water partition coefficient (Wildman–Crippen LogP) is 3.19. The number of alkyl halides is 2. The molecule has 0 atom stereocenters. The fourth-order valence-electron chi connectivity index (χ4n) is 0.767. The van der Waals surface area contributed by atoms with Gasteiger partial charge in [-0.1, -0.05) is 11.6 Å². The van der Waals surface area contributed by atoms with Gasteiger partial charge in [0.2, 0.25) is 0 Å². The lowest BCUT2D eigenvalue weighted by Crippen LogP contribution is -2.02. The van der Waals surface area contributed by atoms with Crippen LogP contribution < -0.4 is 0 Å². The number of pyridine rings is 1. The van der Waals surface area contributed by atoms with Crippen LogP contribution in [0.4, 0.5) is 13.2 Å². The second-order valence-electron chi connectivity index (χ2n) is 2.26. The van der Waals surface area contributed by atoms with Crippen LogP contribution in [0.1, 0.15) is 22.5 Å². The van der Waals surface area contributed by atoms with Gasteiger partial charge >= 0.3 is 0 Å². The van der Waals surface area contributed by atoms with Crippen LogP contribution in [0.15, 0.2) is 6.20 Å². The van der Waals surface area contributed by atoms with E-state index in [0.29, 0.717) is 6.20 Å². The summed E-state index contributed by atoms with van der Waals surface area (Å²) in [6.07, 6.45) is -2.51. The van der Waals surface area contributed by atoms with E-state index < -0.39 is 33.8 Å². The Hall–Kier alpha value is -0.810. The van der Waals surface area contributed by atoms with Gasteiger partial charge in [0, 0.05) is 6.20 Å². The molecule has 0 radical (unpaired) electrons. The summed E-state index contributed by atoms with van der Waals surface area (Å²) in [6, 6.07) is 0. The van der Waals surface area contributed by atoms with E-state index in [1.54, 1.807) is 0 Å². The first-order valence-electron chi connectivity index (χ1n) is 3.27. The van der Waals surface area contributed by atoms with Crippen LogP contribution in [-0.4, -0.2) is 10.2 Å². The summed E-state index contributed by atoms with van der Waals surface area (Å²) in [5.74, 6) is -1.37. The van der Waals surface area contributed by atoms with E-state index >= 15 is 0 Å². The molecule has 2 nitrogen and oxygen atoms in total. The summed E-state index contributed by atoms with van der Waals surface area (Å²) in [6.45, 7) is 0. The Morgan fingerprint density at radius 1 is 1.50 bits per heavy atom. The zero-order valence-electron chi connectivity index (χ0n) is 6.40. The quantitative estimate of drug-likeness (QED) is 0.747. The van der Waals surface area contributed by atoms with E-state index in [-0.39, 0.29) is 0 Å². The van der Waals surface area contributed by atoms with E-state index in [1.807, 2.05) is 0 Å². The van der Waals surface area contributed by atoms with Gasteiger partial charge in [-0.15, -0.1) is 0 Å². The lowest BCUT2D eigenvalue weighted by atomic mass is 10.2. The van der Waals surface area contributed by atoms with Crippen molar-refractivity contribution in [1.82, 2.24) is 4.98 Å². The van der Waals surface area contributed by atoms with Crippen LogP contribution in [-0.2, 0) is 0 Å². The van der Waals surface area contributed by atoms with Gasteiger partial charge in [-0.05, 0) is 11.6 Å². The van der Waals surface area contributed by atoms with Crippen LogP contribution in [0.2, 0.25) is 5.02 Å². The van der Waals surface area contributed by atoms with Crippen molar-refractivity contribution in [3.63, 3.8) is 0 Å². The van der Waals surface area contributed by atoms with Gasteiger partial charge in [-0.2, -0.15) is 0 Å². The molecule has 0 aliphatic heterocycles. The molecular formula is C7H2Cl2F3NO. The highest BCUT2D eigenvalue weighted by atomic mass is 35.5. The number of hydrogen-bond donors (Lipinski definition) is 0. The van der Waals surface area contributed by atoms with Crippen molar-refractivity contribution >= 4 is 28.4 Å². The average Bonchev–Trinajstić information content (AvgIpc) is 2.08. The average molecular weight is 244 g/mol. The highest BCUT2D eigenvalue weighted by molar-refractivity contribution is 6.68. The second kappa shape index (κ2) is 4.14. The molecule has 0 N–H and O–H groups in total. The molecule has 0 saturated carbocycles. The van der Waals surface area contributed by atoms with Crippen molar-refractivity contribution in [2.45, 2.75) is 6.43 Å². The van der Waals surface area contributed by atoms with Gasteiger partial charge < -0.3 is 0 Å². The van der Waals surface area contributed by atoms with Crippen LogP contribution in [0.25, 0.3) is 0 Å². The van der Waals surface area contributed by atoms with E-state index in [0.717, 1.165) is 0 Å². The molecule has 1 rings (SSSR count). The maximum atomic E-state index is 13.0. The third-order valence-corrected chi connectivity index (χ3v) is 1.93. The minimum Gasteiger partial charge on any atom is -0.274 e. The van der Waals surface area contributed by atoms with Crippen molar-refractivity contribution in [3.05, 3.63) is 28.3 Å². The van der Waals surface area contributed by atoms with Gasteiger partial charge in [0.15, 0.2) is 5.82 Å². The summed E-state index contributed by atoms with van der Waals surface area (Å²) < 4.78 is 37.2. The molecule has 1 aromatic rings. The molecule has 1 aromatic heterocycles. The maximum Gasteiger partial charge on any atom is 0.272 e. The molecule has 0 unspecified atom stereocenters. The third-order valence-electron chi connectivity index (χ3n) is 1.41. The fourth-order valence-corrected chi connectivity index (χ4v) is 1.20. The normalized spacial score (nSPS) is 10.7. The standard InChI is InChI=1S/C7H2Cl2F3NO/c8-3-4(10)2(7(11)12)1-13-5(3)6(9)14/h1,7H. The Morgan fingerprint density at radius 2 is 2.07 bits per heavy atom. The first kappa shape index (κ1) is 11.3. The maximum absolute atomic E-state index is 13.0. The number of halogens is 5. The zero-order chi connectivity index (χ0) is 10.9. The lowest BCUT2D eigenvalue weighted by molar-refractivity contribution is 0.107. The summed E-state index contributed by atoms with van der Waals surface area (Å²) in [5, 5.41) is -1.89. The van der Waals surface area contributed by atoms with Gasteiger partial charge in [-0.25, -0.2) is 18.2 Å². The van der Waals surface area contributed by atoms with Gasteiger partial charge in [0.25, 0.3) is 11.7 Å². The summed E-state index contributed by atoms with van der Waals surface area (Å²) in [5.41, 5.74) is -1.54. The molecule has 0 bridgehead atoms. The minimum absolute atomic E-state index is 0.529. The van der Waals surface area contributed by atoms with Gasteiger partial charge in [0.05, 0.1) is 5.56 Å². The molecule has 0 aliphatic rings. The Morgan fingerprint density at radius 3 is 2.50 bits per heavy atom. The highest BCUT2D eigenvalue weighted by Gasteiger charge is 2.21. The molecule has 0 spiro atoms. The number of hydrogen-bond acceptors (Lipinski definition) is 2. The molecule has 0 fully saturated rings. The number of nitrogens with zero attached hydrogens (tertiary/aromatic N) is 1. The third kappa shape index (κ3) is 1.99. The summed E-state index contributed by atoms with van der Waals surface area (Å²) >= 11 is 10.2. The topological polar surface area (TPSA) is 30.0 Å². The molecule has 76 valence electrons. The molecule has 0 aromatic carbocycles. The molecular weight excluding hydrogens is 242 g/mol. The largest absolute Gasteiger partial charge is 0.274 e. The first-order chi connectivity index (χ1) is 6.45. The van der Waals surface area contributed by atoms with Crippen LogP contribution >= 0.6 is 23.2 Å². The molecule has 0 amide bonds. The SMILES string of the molecule is O=C(Cl)c1ncc(C(F)F)c(F)c1Cl. The smallest absolute Gasteiger partial charge is 0.272 e. The van der Waals surface area contributed by atoms with E-state index in [4.69, 9.17) is 23.2 Å². The second-order valence-corrected chi connectivity index (χ2v) is 2.99. The zero-order valence-corrected chi connectivity index (χ0v) is 7.91. The van der Waals surface area contributed by atoms with E-state index in [9.17, 15) is 18.0 Å². The van der Waals surface area contributed by atoms with Crippen LogP contribution in [0, 0.1) is 5.82 Å². The molecule has 0 aliphatic carbocycles. The Labute approximate surface area is 86.6 Å². The predicted molar refractivity (Wildman–Crippen MR) is 44.3 cm³/mol. The Kier molecular flexibility index (Phi) is 3.34. The van der Waals surface area contributed by atoms with E-state index in [2.05, 4.69) is 4.98 Å². The Bertz CT molecular complexity index is 383. The number of carbonyl (C=O) groups excluding carboxylic acids is 1. The van der Waals surface area contributed by atoms with Crippen molar-refractivity contribution in [2.75, 3.05) is 0 Å². The van der Waals surface area contributed by atoms with Gasteiger partial charge in [-0.3, -0.25) is 4.79 Å². The summed E-state index contributed by atoms with van der Waals surface area (Å²) in [4.78, 5) is 13.8. The lowest BCUT2D eigenvalue weighted by Gasteiger charge is -2.04. The van der Waals surface area contributed by atoms with Crippen molar-refractivity contribution < 1.29 is 18.0 Å². The highest BCUT2D eigenvalue weighted by Crippen LogP contribution is 2.28. The van der Waals surface area contributed by atoms with Crippen molar-refractivity contribution in [3.8, 4) is 0 Å². The first-order valence-corrected chi connectivity index (χ1v) is 4.02. The number of aromatic nitrogens is 1. The number of rotatable bonds is 2. The molecule has 14 heavy (non-hydrogen) atoms. The molecule has 7 heteroatoms. The van der Waals surface area contributed by atoms with Crippen molar-refractivity contribution in [2.24, 2.45) is 0 Å². The number of carbonyl (C=O) groups is 1. The van der Waals surface area contributed by atoms with Crippen LogP contribution in [0.3, 0.4) is 0 Å². The van der Waals surface area contributed by atoms with Crippen molar-refractivity contribution in [1.29, 1.82) is 0 Å².